The molecule has 0 heterocycles. The van der Waals surface area contributed by atoms with Gasteiger partial charge in [0.25, 0.3) is 0 Å². The molecule has 0 aliphatic rings. The van der Waals surface area contributed by atoms with E-state index < -0.39 is 47.2 Å². The van der Waals surface area contributed by atoms with Crippen LogP contribution in [0.25, 0.3) is 0 Å². The SMILES string of the molecule is Nc1ccc(OCCOCCOCCOCCOCCOCCC(=O)Oc2c(F)c(F)c(F)c(F)c2F)cc1. The van der Waals surface area contributed by atoms with Crippen molar-refractivity contribution >= 4 is 11.7 Å². The molecule has 0 aliphatic carbocycles. The summed E-state index contributed by atoms with van der Waals surface area (Å²) in [6.07, 6.45) is -0.481. The highest BCUT2D eigenvalue weighted by atomic mass is 19.2. The number of ether oxygens (including phenoxy) is 7. The smallest absolute Gasteiger partial charge is 0.313 e. The van der Waals surface area contributed by atoms with Crippen molar-refractivity contribution in [2.24, 2.45) is 0 Å². The molecule has 0 unspecified atom stereocenters. The zero-order valence-electron chi connectivity index (χ0n) is 21.0. The number of hydrogen-bond donors (Lipinski definition) is 1. The Kier molecular flexibility index (Phi) is 15.1. The molecular weight excluding hydrogens is 537 g/mol. The van der Waals surface area contributed by atoms with E-state index in [0.29, 0.717) is 51.9 Å². The first kappa shape index (κ1) is 32.2. The molecule has 39 heavy (non-hydrogen) atoms. The van der Waals surface area contributed by atoms with Crippen LogP contribution < -0.4 is 15.2 Å². The van der Waals surface area contributed by atoms with Gasteiger partial charge in [0.1, 0.15) is 12.4 Å². The van der Waals surface area contributed by atoms with Gasteiger partial charge in [-0.2, -0.15) is 8.78 Å². The monoisotopic (exact) mass is 567 g/mol. The molecular formula is C25H30F5NO8. The van der Waals surface area contributed by atoms with Crippen LogP contribution in [-0.4, -0.2) is 78.6 Å². The van der Waals surface area contributed by atoms with Gasteiger partial charge in [0.2, 0.25) is 34.8 Å². The minimum absolute atomic E-state index is 0.0872. The summed E-state index contributed by atoms with van der Waals surface area (Å²) >= 11 is 0. The van der Waals surface area contributed by atoms with Gasteiger partial charge >= 0.3 is 5.97 Å². The summed E-state index contributed by atoms with van der Waals surface area (Å²) in [6, 6.07) is 7.08. The third kappa shape index (κ3) is 12.1. The third-order valence-corrected chi connectivity index (χ3v) is 4.70. The Hall–Kier alpha value is -3.04. The number of rotatable bonds is 20. The summed E-state index contributed by atoms with van der Waals surface area (Å²) < 4.78 is 102. The van der Waals surface area contributed by atoms with Gasteiger partial charge in [-0.15, -0.1) is 0 Å². The number of carbonyl (C=O) groups excluding carboxylic acids is 1. The van der Waals surface area contributed by atoms with Crippen LogP contribution in [0.15, 0.2) is 24.3 Å². The molecule has 0 amide bonds. The van der Waals surface area contributed by atoms with Crippen molar-refractivity contribution in [1.82, 2.24) is 0 Å². The van der Waals surface area contributed by atoms with Crippen molar-refractivity contribution in [3.63, 3.8) is 0 Å². The quantitative estimate of drug-likeness (QED) is 0.0490. The van der Waals surface area contributed by atoms with E-state index in [-0.39, 0.29) is 26.4 Å². The predicted octanol–water partition coefficient (Wildman–Crippen LogP) is 3.42. The first-order valence-electron chi connectivity index (χ1n) is 11.9. The Labute approximate surface area is 221 Å². The topological polar surface area (TPSA) is 108 Å². The van der Waals surface area contributed by atoms with Gasteiger partial charge in [0.15, 0.2) is 0 Å². The van der Waals surface area contributed by atoms with E-state index in [9.17, 15) is 26.7 Å². The van der Waals surface area contributed by atoms with E-state index in [0.717, 1.165) is 5.75 Å². The molecule has 0 bridgehead atoms. The van der Waals surface area contributed by atoms with Gasteiger partial charge in [-0.05, 0) is 24.3 Å². The van der Waals surface area contributed by atoms with Crippen LogP contribution in [0.3, 0.4) is 0 Å². The van der Waals surface area contributed by atoms with Gasteiger partial charge in [-0.25, -0.2) is 13.2 Å². The molecule has 2 aromatic carbocycles. The maximum absolute atomic E-state index is 13.5. The number of carbonyl (C=O) groups is 1. The lowest BCUT2D eigenvalue weighted by Gasteiger charge is -2.09. The number of anilines is 1. The van der Waals surface area contributed by atoms with Crippen LogP contribution in [-0.2, 0) is 28.5 Å². The Bertz CT molecular complexity index is 984. The molecule has 0 saturated carbocycles. The van der Waals surface area contributed by atoms with Crippen LogP contribution in [0.2, 0.25) is 0 Å². The van der Waals surface area contributed by atoms with E-state index in [2.05, 4.69) is 4.74 Å². The van der Waals surface area contributed by atoms with E-state index in [1.807, 2.05) is 0 Å². The highest BCUT2D eigenvalue weighted by Crippen LogP contribution is 2.29. The van der Waals surface area contributed by atoms with Gasteiger partial charge in [0, 0.05) is 5.69 Å². The second-order valence-electron chi connectivity index (χ2n) is 7.60. The second kappa shape index (κ2) is 18.3. The number of hydrogen-bond acceptors (Lipinski definition) is 9. The molecule has 0 aliphatic heterocycles. The van der Waals surface area contributed by atoms with Crippen LogP contribution in [0.1, 0.15) is 6.42 Å². The second-order valence-corrected chi connectivity index (χ2v) is 7.60. The average molecular weight is 568 g/mol. The molecule has 0 aromatic heterocycles. The van der Waals surface area contributed by atoms with Crippen LogP contribution in [0.4, 0.5) is 27.6 Å². The summed E-state index contributed by atoms with van der Waals surface area (Å²) in [5.41, 5.74) is 6.27. The van der Waals surface area contributed by atoms with Gasteiger partial charge in [-0.3, -0.25) is 4.79 Å². The lowest BCUT2D eigenvalue weighted by Crippen LogP contribution is -2.16. The summed E-state index contributed by atoms with van der Waals surface area (Å²) in [5, 5.41) is 0. The molecule has 2 N–H and O–H groups in total. The zero-order valence-corrected chi connectivity index (χ0v) is 21.0. The Morgan fingerprint density at radius 2 is 0.949 bits per heavy atom. The number of nitrogen functional groups attached to an aromatic ring is 1. The van der Waals surface area contributed by atoms with Crippen LogP contribution >= 0.6 is 0 Å². The average Bonchev–Trinajstić information content (AvgIpc) is 2.93. The molecule has 0 spiro atoms. The van der Waals surface area contributed by atoms with Crippen molar-refractivity contribution in [2.75, 3.05) is 78.4 Å². The van der Waals surface area contributed by atoms with Crippen LogP contribution in [0, 0.1) is 29.1 Å². The van der Waals surface area contributed by atoms with E-state index in [1.165, 1.54) is 0 Å². The van der Waals surface area contributed by atoms with Crippen molar-refractivity contribution in [3.05, 3.63) is 53.4 Å². The van der Waals surface area contributed by atoms with Crippen molar-refractivity contribution < 1.29 is 59.9 Å². The predicted molar refractivity (Wildman–Crippen MR) is 127 cm³/mol. The molecule has 0 atom stereocenters. The highest BCUT2D eigenvalue weighted by Gasteiger charge is 2.28. The van der Waals surface area contributed by atoms with Crippen molar-refractivity contribution in [3.8, 4) is 11.5 Å². The molecule has 218 valence electrons. The van der Waals surface area contributed by atoms with Crippen LogP contribution in [0.5, 0.6) is 11.5 Å². The fourth-order valence-electron chi connectivity index (χ4n) is 2.76. The summed E-state index contributed by atoms with van der Waals surface area (Å²) in [7, 11) is 0. The Morgan fingerprint density at radius 1 is 0.564 bits per heavy atom. The largest absolute Gasteiger partial charge is 0.491 e. The van der Waals surface area contributed by atoms with E-state index in [4.69, 9.17) is 34.2 Å². The normalized spacial score (nSPS) is 11.1. The zero-order chi connectivity index (χ0) is 28.5. The first-order chi connectivity index (χ1) is 18.8. The molecule has 0 radical (unpaired) electrons. The summed E-state index contributed by atoms with van der Waals surface area (Å²) in [4.78, 5) is 11.6. The number of nitrogens with two attached hydrogens (primary N) is 1. The fourth-order valence-corrected chi connectivity index (χ4v) is 2.76. The van der Waals surface area contributed by atoms with Gasteiger partial charge in [-0.1, -0.05) is 0 Å². The number of halogens is 5. The Balaban J connectivity index is 1.35. The molecule has 0 saturated heterocycles. The lowest BCUT2D eigenvalue weighted by molar-refractivity contribution is -0.136. The fraction of sp³-hybridized carbons (Fsp3) is 0.480. The molecule has 14 heteroatoms. The lowest BCUT2D eigenvalue weighted by atomic mass is 10.2. The maximum Gasteiger partial charge on any atom is 0.313 e. The maximum atomic E-state index is 13.5. The molecule has 9 nitrogen and oxygen atoms in total. The first-order valence-corrected chi connectivity index (χ1v) is 11.9. The minimum Gasteiger partial charge on any atom is -0.491 e. The third-order valence-electron chi connectivity index (χ3n) is 4.70. The number of esters is 1. The Morgan fingerprint density at radius 3 is 1.41 bits per heavy atom. The van der Waals surface area contributed by atoms with Gasteiger partial charge in [0.05, 0.1) is 72.5 Å². The van der Waals surface area contributed by atoms with E-state index in [1.54, 1.807) is 24.3 Å². The van der Waals surface area contributed by atoms with Gasteiger partial charge < -0.3 is 38.9 Å². The molecule has 2 rings (SSSR count). The molecule has 2 aromatic rings. The van der Waals surface area contributed by atoms with Crippen molar-refractivity contribution in [1.29, 1.82) is 0 Å². The molecule has 0 fully saturated rings. The number of benzene rings is 2. The van der Waals surface area contributed by atoms with Crippen molar-refractivity contribution in [2.45, 2.75) is 6.42 Å². The van der Waals surface area contributed by atoms with E-state index >= 15 is 0 Å². The standard InChI is InChI=1S/C25H30F5NO8/c26-20-21(27)23(29)25(24(30)22(20)28)39-19(32)5-6-33-7-8-34-9-10-35-11-12-36-13-14-37-15-16-38-18-3-1-17(31)2-4-18/h1-4H,5-16,31H2. The summed E-state index contributed by atoms with van der Waals surface area (Å²) in [5.74, 6) is -13.4. The summed E-state index contributed by atoms with van der Waals surface area (Å²) in [6.45, 7) is 3.06. The highest BCUT2D eigenvalue weighted by molar-refractivity contribution is 5.72. The minimum atomic E-state index is -2.35.